The first-order chi connectivity index (χ1) is 14.9. The molecule has 31 heavy (non-hydrogen) atoms. The minimum atomic E-state index is -0.675. The van der Waals surface area contributed by atoms with E-state index in [1.807, 2.05) is 43.3 Å². The fourth-order valence-electron chi connectivity index (χ4n) is 3.58. The normalized spacial score (nSPS) is 16.1. The van der Waals surface area contributed by atoms with Crippen molar-refractivity contribution in [2.75, 3.05) is 13.7 Å². The molecule has 0 saturated heterocycles. The zero-order valence-electron chi connectivity index (χ0n) is 17.7. The van der Waals surface area contributed by atoms with Crippen LogP contribution in [0.15, 0.2) is 61.9 Å². The minimum Gasteiger partial charge on any atom is -0.497 e. The maximum absolute atomic E-state index is 13.4. The molecule has 160 valence electrons. The Kier molecular flexibility index (Phi) is 5.65. The summed E-state index contributed by atoms with van der Waals surface area (Å²) >= 11 is 1.26. The highest BCUT2D eigenvalue weighted by atomic mass is 32.1. The number of nitrogens with zero attached hydrogens (tertiary/aromatic N) is 2. The summed E-state index contributed by atoms with van der Waals surface area (Å²) in [5.74, 6) is 1.48. The maximum atomic E-state index is 13.4. The average Bonchev–Trinajstić information content (AvgIpc) is 3.30. The van der Waals surface area contributed by atoms with Crippen molar-refractivity contribution in [1.29, 1.82) is 0 Å². The third kappa shape index (κ3) is 3.86. The van der Waals surface area contributed by atoms with Crippen LogP contribution in [-0.4, -0.2) is 24.3 Å². The lowest BCUT2D eigenvalue weighted by Crippen LogP contribution is -2.39. The smallest absolute Gasteiger partial charge is 0.338 e. The number of carbonyl (C=O) groups excluding carboxylic acids is 1. The van der Waals surface area contributed by atoms with Crippen LogP contribution in [0.5, 0.6) is 5.75 Å². The number of furan rings is 1. The Bertz CT molecular complexity index is 1360. The molecule has 0 aliphatic carbocycles. The van der Waals surface area contributed by atoms with E-state index < -0.39 is 12.0 Å². The van der Waals surface area contributed by atoms with Gasteiger partial charge in [-0.25, -0.2) is 9.79 Å². The predicted molar refractivity (Wildman–Crippen MR) is 117 cm³/mol. The molecule has 0 bridgehead atoms. The van der Waals surface area contributed by atoms with Gasteiger partial charge in [-0.05, 0) is 50.6 Å². The third-order valence-corrected chi connectivity index (χ3v) is 5.94. The van der Waals surface area contributed by atoms with Gasteiger partial charge in [-0.1, -0.05) is 23.5 Å². The number of aromatic nitrogens is 1. The molecule has 0 N–H and O–H groups in total. The van der Waals surface area contributed by atoms with E-state index in [0.717, 1.165) is 11.3 Å². The highest BCUT2D eigenvalue weighted by molar-refractivity contribution is 7.07. The van der Waals surface area contributed by atoms with E-state index in [-0.39, 0.29) is 12.2 Å². The third-order valence-electron chi connectivity index (χ3n) is 4.96. The lowest BCUT2D eigenvalue weighted by atomic mass is 9.95. The first-order valence-corrected chi connectivity index (χ1v) is 10.6. The Balaban J connectivity index is 1.97. The topological polar surface area (TPSA) is 83.0 Å². The van der Waals surface area contributed by atoms with Crippen LogP contribution in [0.1, 0.15) is 37.0 Å². The van der Waals surface area contributed by atoms with Gasteiger partial charge < -0.3 is 13.9 Å². The highest BCUT2D eigenvalue weighted by Crippen LogP contribution is 2.32. The summed E-state index contributed by atoms with van der Waals surface area (Å²) in [6, 6.07) is 10.3. The fourth-order valence-corrected chi connectivity index (χ4v) is 4.61. The quantitative estimate of drug-likeness (QED) is 0.572. The molecule has 0 amide bonds. The summed E-state index contributed by atoms with van der Waals surface area (Å²) in [4.78, 5) is 31.4. The van der Waals surface area contributed by atoms with Crippen LogP contribution in [0, 0.1) is 6.92 Å². The van der Waals surface area contributed by atoms with Gasteiger partial charge >= 0.3 is 5.97 Å². The van der Waals surface area contributed by atoms with Crippen molar-refractivity contribution in [3.8, 4) is 5.75 Å². The zero-order valence-corrected chi connectivity index (χ0v) is 18.5. The van der Waals surface area contributed by atoms with Crippen LogP contribution in [0.4, 0.5) is 0 Å². The highest BCUT2D eigenvalue weighted by Gasteiger charge is 2.33. The molecule has 1 aliphatic heterocycles. The monoisotopic (exact) mass is 438 g/mol. The number of rotatable bonds is 5. The van der Waals surface area contributed by atoms with Gasteiger partial charge in [0, 0.05) is 6.08 Å². The van der Waals surface area contributed by atoms with Crippen LogP contribution in [0.2, 0.25) is 0 Å². The van der Waals surface area contributed by atoms with Crippen molar-refractivity contribution >= 4 is 23.4 Å². The molecule has 1 aliphatic rings. The predicted octanol–water partition coefficient (Wildman–Crippen LogP) is 2.71. The molecule has 0 unspecified atom stereocenters. The lowest BCUT2D eigenvalue weighted by molar-refractivity contribution is -0.139. The van der Waals surface area contributed by atoms with E-state index in [1.165, 1.54) is 11.3 Å². The Hall–Kier alpha value is -3.39. The van der Waals surface area contributed by atoms with Gasteiger partial charge in [-0.3, -0.25) is 9.36 Å². The second-order valence-corrected chi connectivity index (χ2v) is 8.04. The van der Waals surface area contributed by atoms with E-state index in [1.54, 1.807) is 31.6 Å². The number of allylic oxidation sites excluding steroid dienone is 1. The number of carbonyl (C=O) groups is 1. The summed E-state index contributed by atoms with van der Waals surface area (Å²) in [6.07, 6.45) is 1.70. The van der Waals surface area contributed by atoms with E-state index in [0.29, 0.717) is 32.1 Å². The summed E-state index contributed by atoms with van der Waals surface area (Å²) in [5.41, 5.74) is 1.34. The molecule has 0 spiro atoms. The number of fused-ring (bicyclic) bond motifs is 1. The number of ether oxygens (including phenoxy) is 2. The molecule has 7 nitrogen and oxygen atoms in total. The second-order valence-electron chi connectivity index (χ2n) is 7.03. The number of benzene rings is 1. The molecular weight excluding hydrogens is 416 g/mol. The number of methoxy groups -OCH3 is 1. The lowest BCUT2D eigenvalue weighted by Gasteiger charge is -2.24. The van der Waals surface area contributed by atoms with Gasteiger partial charge in [0.05, 0.1) is 35.6 Å². The van der Waals surface area contributed by atoms with Crippen molar-refractivity contribution in [3.63, 3.8) is 0 Å². The standard InChI is InChI=1S/C23H22N2O5S/c1-5-29-22(27)19-14(3)24-23-25(20(19)15-7-6-8-16(11-15)28-4)21(26)18(31-23)12-17-10-9-13(2)30-17/h6-12,20H,5H2,1-4H3/b18-12-/t20-/m0/s1. The number of aryl methyl sites for hydroxylation is 1. The Morgan fingerprint density at radius 3 is 2.77 bits per heavy atom. The van der Waals surface area contributed by atoms with Crippen LogP contribution in [0.3, 0.4) is 0 Å². The Morgan fingerprint density at radius 1 is 1.29 bits per heavy atom. The van der Waals surface area contributed by atoms with Crippen molar-refractivity contribution < 1.29 is 18.7 Å². The molecular formula is C23H22N2O5S. The molecule has 3 heterocycles. The Morgan fingerprint density at radius 2 is 2.10 bits per heavy atom. The minimum absolute atomic E-state index is 0.225. The number of esters is 1. The summed E-state index contributed by atoms with van der Waals surface area (Å²) < 4.78 is 18.3. The van der Waals surface area contributed by atoms with E-state index in [4.69, 9.17) is 13.9 Å². The van der Waals surface area contributed by atoms with Crippen LogP contribution in [0.25, 0.3) is 6.08 Å². The fraction of sp³-hybridized carbons (Fsp3) is 0.261. The van der Waals surface area contributed by atoms with Crippen LogP contribution >= 0.6 is 11.3 Å². The van der Waals surface area contributed by atoms with Gasteiger partial charge in [0.15, 0.2) is 4.80 Å². The van der Waals surface area contributed by atoms with Gasteiger partial charge in [-0.2, -0.15) is 0 Å². The summed E-state index contributed by atoms with van der Waals surface area (Å²) in [5, 5.41) is 0. The molecule has 2 aromatic heterocycles. The number of thiazole rings is 1. The summed E-state index contributed by atoms with van der Waals surface area (Å²) in [7, 11) is 1.57. The molecule has 3 aromatic rings. The van der Waals surface area contributed by atoms with Gasteiger partial charge in [0.2, 0.25) is 0 Å². The van der Waals surface area contributed by atoms with E-state index >= 15 is 0 Å². The van der Waals surface area contributed by atoms with E-state index in [2.05, 4.69) is 4.99 Å². The first kappa shape index (κ1) is 20.9. The Labute approximate surface area is 182 Å². The SMILES string of the molecule is CCOC(=O)C1=C(C)N=c2s/c(=C\c3ccc(C)o3)c(=O)n2[C@H]1c1cccc(OC)c1. The zero-order chi connectivity index (χ0) is 22.1. The van der Waals surface area contributed by atoms with Crippen molar-refractivity contribution in [1.82, 2.24) is 4.57 Å². The molecule has 8 heteroatoms. The van der Waals surface area contributed by atoms with Gasteiger partial charge in [0.1, 0.15) is 17.3 Å². The van der Waals surface area contributed by atoms with E-state index in [9.17, 15) is 9.59 Å². The van der Waals surface area contributed by atoms with Crippen molar-refractivity contribution in [2.45, 2.75) is 26.8 Å². The first-order valence-electron chi connectivity index (χ1n) is 9.83. The maximum Gasteiger partial charge on any atom is 0.338 e. The largest absolute Gasteiger partial charge is 0.497 e. The molecule has 0 fully saturated rings. The summed E-state index contributed by atoms with van der Waals surface area (Å²) in [6.45, 7) is 5.57. The molecule has 1 atom stereocenters. The van der Waals surface area contributed by atoms with Crippen LogP contribution < -0.4 is 19.6 Å². The van der Waals surface area contributed by atoms with Gasteiger partial charge in [-0.15, -0.1) is 0 Å². The molecule has 0 saturated carbocycles. The number of hydrogen-bond donors (Lipinski definition) is 0. The van der Waals surface area contributed by atoms with Gasteiger partial charge in [0.25, 0.3) is 5.56 Å². The van der Waals surface area contributed by atoms with Crippen LogP contribution in [-0.2, 0) is 9.53 Å². The molecule has 0 radical (unpaired) electrons. The molecule has 1 aromatic carbocycles. The van der Waals surface area contributed by atoms with Crippen molar-refractivity contribution in [3.05, 3.63) is 84.4 Å². The molecule has 4 rings (SSSR count). The average molecular weight is 439 g/mol. The van der Waals surface area contributed by atoms with Crippen molar-refractivity contribution in [2.24, 2.45) is 4.99 Å². The number of hydrogen-bond acceptors (Lipinski definition) is 7. The second kappa shape index (κ2) is 8.39.